The van der Waals surface area contributed by atoms with Crippen LogP contribution in [0.3, 0.4) is 0 Å². The van der Waals surface area contributed by atoms with Gasteiger partial charge >= 0.3 is 18.2 Å². The highest BCUT2D eigenvalue weighted by atomic mass is 35.5. The highest BCUT2D eigenvalue weighted by molar-refractivity contribution is 6.31. The number of alkyl halides is 3. The Labute approximate surface area is 213 Å². The van der Waals surface area contributed by atoms with E-state index in [-0.39, 0.29) is 30.8 Å². The molecule has 3 aromatic rings. The molecule has 0 spiro atoms. The van der Waals surface area contributed by atoms with E-state index in [4.69, 9.17) is 21.4 Å². The van der Waals surface area contributed by atoms with Gasteiger partial charge in [-0.3, -0.25) is 14.6 Å². The van der Waals surface area contributed by atoms with Crippen molar-refractivity contribution in [2.75, 3.05) is 17.2 Å². The van der Waals surface area contributed by atoms with Gasteiger partial charge in [-0.1, -0.05) is 11.6 Å². The zero-order valence-corrected chi connectivity index (χ0v) is 19.7. The molecule has 13 heteroatoms. The van der Waals surface area contributed by atoms with Crippen LogP contribution >= 0.6 is 11.6 Å². The number of carboxylic acids is 1. The van der Waals surface area contributed by atoms with Crippen LogP contribution in [0.5, 0.6) is 11.5 Å². The molecular formula is C24H20ClF3N4O5. The summed E-state index contributed by atoms with van der Waals surface area (Å²) < 4.78 is 44.7. The quantitative estimate of drug-likeness (QED) is 0.256. The predicted molar refractivity (Wildman–Crippen MR) is 129 cm³/mol. The molecular weight excluding hydrogens is 517 g/mol. The fourth-order valence-corrected chi connectivity index (χ4v) is 3.21. The lowest BCUT2D eigenvalue weighted by Gasteiger charge is -2.12. The maximum Gasteiger partial charge on any atom is 0.417 e. The molecule has 0 atom stereocenters. The molecule has 3 amide bonds. The Morgan fingerprint density at radius 3 is 2.30 bits per heavy atom. The summed E-state index contributed by atoms with van der Waals surface area (Å²) in [6.45, 7) is 0.182. The van der Waals surface area contributed by atoms with Gasteiger partial charge in [0.05, 0.1) is 10.6 Å². The molecule has 2 aromatic carbocycles. The Balaban J connectivity index is 1.55. The largest absolute Gasteiger partial charge is 0.481 e. The van der Waals surface area contributed by atoms with E-state index in [2.05, 4.69) is 20.9 Å². The second-order valence-corrected chi connectivity index (χ2v) is 7.94. The Bertz CT molecular complexity index is 1290. The third-order valence-electron chi connectivity index (χ3n) is 4.69. The number of benzene rings is 2. The second-order valence-electron chi connectivity index (χ2n) is 7.53. The highest BCUT2D eigenvalue weighted by Crippen LogP contribution is 2.36. The number of pyridine rings is 1. The first-order valence-corrected chi connectivity index (χ1v) is 11.1. The predicted octanol–water partition coefficient (Wildman–Crippen LogP) is 5.78. The number of rotatable bonds is 9. The Hall–Kier alpha value is -4.32. The standard InChI is InChI=1S/C24H20ClF3N4O5/c25-19-8-5-15(12-18(19)24(26,27)28)32-23(36)31-14-3-6-16(7-4-14)37-17-9-11-29-20(13-17)22(35)30-10-1-2-21(33)34/h3-9,11-13H,1-2,10H2,(H,30,35)(H,33,34)(H2,31,32,36). The van der Waals surface area contributed by atoms with Crippen LogP contribution < -0.4 is 20.7 Å². The molecule has 37 heavy (non-hydrogen) atoms. The van der Waals surface area contributed by atoms with Crippen molar-refractivity contribution in [1.29, 1.82) is 0 Å². The fourth-order valence-electron chi connectivity index (χ4n) is 2.99. The van der Waals surface area contributed by atoms with Gasteiger partial charge in [0.15, 0.2) is 0 Å². The van der Waals surface area contributed by atoms with Crippen LogP contribution in [0.1, 0.15) is 28.9 Å². The summed E-state index contributed by atoms with van der Waals surface area (Å²) in [7, 11) is 0. The van der Waals surface area contributed by atoms with Crippen molar-refractivity contribution in [3.05, 3.63) is 77.1 Å². The van der Waals surface area contributed by atoms with Crippen molar-refractivity contribution < 1.29 is 37.4 Å². The molecule has 0 unspecified atom stereocenters. The number of hydrogen-bond acceptors (Lipinski definition) is 5. The van der Waals surface area contributed by atoms with Crippen LogP contribution in [0, 0.1) is 0 Å². The lowest BCUT2D eigenvalue weighted by atomic mass is 10.2. The number of carbonyl (C=O) groups excluding carboxylic acids is 2. The topological polar surface area (TPSA) is 130 Å². The zero-order valence-electron chi connectivity index (χ0n) is 18.9. The van der Waals surface area contributed by atoms with Crippen LogP contribution in [0.25, 0.3) is 0 Å². The third kappa shape index (κ3) is 8.39. The lowest BCUT2D eigenvalue weighted by Crippen LogP contribution is -2.25. The van der Waals surface area contributed by atoms with Gasteiger partial charge < -0.3 is 25.8 Å². The average Bonchev–Trinajstić information content (AvgIpc) is 2.83. The smallest absolute Gasteiger partial charge is 0.417 e. The summed E-state index contributed by atoms with van der Waals surface area (Å²) in [6.07, 6.45) is -3.07. The molecule has 0 fully saturated rings. The van der Waals surface area contributed by atoms with Crippen LogP contribution in [0.15, 0.2) is 60.8 Å². The number of amides is 3. The lowest BCUT2D eigenvalue weighted by molar-refractivity contribution is -0.138. The van der Waals surface area contributed by atoms with E-state index in [9.17, 15) is 27.6 Å². The van der Waals surface area contributed by atoms with Crippen molar-refractivity contribution >= 4 is 40.9 Å². The molecule has 0 radical (unpaired) electrons. The van der Waals surface area contributed by atoms with Crippen LogP contribution in [0.4, 0.5) is 29.3 Å². The molecule has 0 saturated heterocycles. The number of hydrogen-bond donors (Lipinski definition) is 4. The molecule has 194 valence electrons. The van der Waals surface area contributed by atoms with Crippen molar-refractivity contribution in [2.45, 2.75) is 19.0 Å². The average molecular weight is 537 g/mol. The molecule has 0 aliphatic heterocycles. The van der Waals surface area contributed by atoms with Gasteiger partial charge in [0, 0.05) is 36.6 Å². The molecule has 0 aliphatic rings. The minimum atomic E-state index is -4.66. The van der Waals surface area contributed by atoms with Crippen molar-refractivity contribution in [2.24, 2.45) is 0 Å². The second kappa shape index (κ2) is 12.1. The fraction of sp³-hybridized carbons (Fsp3) is 0.167. The summed E-state index contributed by atoms with van der Waals surface area (Å²) in [6, 6.07) is 11.3. The van der Waals surface area contributed by atoms with Crippen molar-refractivity contribution in [3.63, 3.8) is 0 Å². The number of anilines is 2. The molecule has 1 heterocycles. The number of urea groups is 1. The van der Waals surface area contributed by atoms with E-state index in [0.29, 0.717) is 17.2 Å². The zero-order chi connectivity index (χ0) is 27.0. The number of halogens is 4. The van der Waals surface area contributed by atoms with Gasteiger partial charge in [0.1, 0.15) is 17.2 Å². The number of aromatic nitrogens is 1. The van der Waals surface area contributed by atoms with Crippen molar-refractivity contribution in [1.82, 2.24) is 10.3 Å². The minimum absolute atomic E-state index is 0.0660. The summed E-state index contributed by atoms with van der Waals surface area (Å²) in [5, 5.41) is 15.5. The highest BCUT2D eigenvalue weighted by Gasteiger charge is 2.33. The monoisotopic (exact) mass is 536 g/mol. The van der Waals surface area contributed by atoms with Gasteiger partial charge in [-0.25, -0.2) is 4.79 Å². The molecule has 3 rings (SSSR count). The SMILES string of the molecule is O=C(O)CCCNC(=O)c1cc(Oc2ccc(NC(=O)Nc3ccc(Cl)c(C(F)(F)F)c3)cc2)ccn1. The number of ether oxygens (including phenoxy) is 1. The molecule has 9 nitrogen and oxygen atoms in total. The molecule has 0 aliphatic carbocycles. The number of carboxylic acid groups (broad SMARTS) is 1. The van der Waals surface area contributed by atoms with Gasteiger partial charge in [-0.15, -0.1) is 0 Å². The maximum atomic E-state index is 13.0. The first-order valence-electron chi connectivity index (χ1n) is 10.7. The Morgan fingerprint density at radius 1 is 0.946 bits per heavy atom. The van der Waals surface area contributed by atoms with Gasteiger partial charge in [-0.05, 0) is 55.0 Å². The number of nitrogens with one attached hydrogen (secondary N) is 3. The molecule has 4 N–H and O–H groups in total. The van der Waals surface area contributed by atoms with E-state index in [1.807, 2.05) is 0 Å². The first-order chi connectivity index (χ1) is 17.5. The van der Waals surface area contributed by atoms with E-state index in [1.165, 1.54) is 48.7 Å². The van der Waals surface area contributed by atoms with Crippen LogP contribution in [-0.4, -0.2) is 34.5 Å². The third-order valence-corrected chi connectivity index (χ3v) is 5.02. The summed E-state index contributed by atoms with van der Waals surface area (Å²) in [4.78, 5) is 38.9. The summed E-state index contributed by atoms with van der Waals surface area (Å²) in [5.74, 6) is -0.750. The Morgan fingerprint density at radius 2 is 1.62 bits per heavy atom. The normalized spacial score (nSPS) is 10.9. The van der Waals surface area contributed by atoms with Gasteiger partial charge in [-0.2, -0.15) is 13.2 Å². The van der Waals surface area contributed by atoms with E-state index in [1.54, 1.807) is 0 Å². The molecule has 0 saturated carbocycles. The maximum absolute atomic E-state index is 13.0. The number of aliphatic carboxylic acids is 1. The van der Waals surface area contributed by atoms with Crippen LogP contribution in [-0.2, 0) is 11.0 Å². The first kappa shape index (κ1) is 27.3. The summed E-state index contributed by atoms with van der Waals surface area (Å²) >= 11 is 5.58. The molecule has 1 aromatic heterocycles. The van der Waals surface area contributed by atoms with Crippen molar-refractivity contribution in [3.8, 4) is 11.5 Å². The van der Waals surface area contributed by atoms with E-state index in [0.717, 1.165) is 12.1 Å². The van der Waals surface area contributed by atoms with E-state index < -0.39 is 34.7 Å². The minimum Gasteiger partial charge on any atom is -0.481 e. The van der Waals surface area contributed by atoms with Gasteiger partial charge in [0.2, 0.25) is 0 Å². The molecule has 0 bridgehead atoms. The van der Waals surface area contributed by atoms with E-state index >= 15 is 0 Å². The Kier molecular flexibility index (Phi) is 8.90. The summed E-state index contributed by atoms with van der Waals surface area (Å²) in [5.41, 5.74) is -0.735. The number of nitrogens with zero attached hydrogens (tertiary/aromatic N) is 1. The number of carbonyl (C=O) groups is 3. The van der Waals surface area contributed by atoms with Gasteiger partial charge in [0.25, 0.3) is 5.91 Å². The van der Waals surface area contributed by atoms with Crippen LogP contribution in [0.2, 0.25) is 5.02 Å².